The summed E-state index contributed by atoms with van der Waals surface area (Å²) in [5, 5.41) is 22.4. The molecule has 1 atom stereocenters. The molecule has 0 spiro atoms. The van der Waals surface area contributed by atoms with Gasteiger partial charge in [0.15, 0.2) is 0 Å². The highest BCUT2D eigenvalue weighted by Crippen LogP contribution is 2.39. The van der Waals surface area contributed by atoms with Crippen LogP contribution < -0.4 is 5.32 Å². The van der Waals surface area contributed by atoms with Gasteiger partial charge in [0, 0.05) is 13.1 Å². The normalized spacial score (nSPS) is 17.3. The highest BCUT2D eigenvalue weighted by Gasteiger charge is 2.48. The first kappa shape index (κ1) is 14.0. The molecule has 1 aliphatic carbocycles. The zero-order chi connectivity index (χ0) is 15.1. The van der Waals surface area contributed by atoms with Crippen molar-refractivity contribution in [2.45, 2.75) is 25.3 Å². The van der Waals surface area contributed by atoms with E-state index in [4.69, 9.17) is 0 Å². The van der Waals surface area contributed by atoms with Crippen LogP contribution in [-0.2, 0) is 11.8 Å². The van der Waals surface area contributed by atoms with Crippen LogP contribution in [0.3, 0.4) is 0 Å². The number of hydrogen-bond acceptors (Lipinski definition) is 4. The summed E-state index contributed by atoms with van der Waals surface area (Å²) in [6.45, 7) is 1.46. The molecule has 1 amide bonds. The van der Waals surface area contributed by atoms with Crippen LogP contribution in [0.15, 0.2) is 12.3 Å². The summed E-state index contributed by atoms with van der Waals surface area (Å²) < 4.78 is 1.31. The van der Waals surface area contributed by atoms with Gasteiger partial charge < -0.3 is 15.0 Å². The fourth-order valence-electron chi connectivity index (χ4n) is 2.16. The van der Waals surface area contributed by atoms with Gasteiger partial charge in [-0.25, -0.2) is 4.79 Å². The van der Waals surface area contributed by atoms with E-state index >= 15 is 0 Å². The molecule has 2 rings (SSSR count). The predicted molar refractivity (Wildman–Crippen MR) is 68.3 cm³/mol. The molecule has 0 radical (unpaired) electrons. The predicted octanol–water partition coefficient (Wildman–Crippen LogP) is 0.916. The quantitative estimate of drug-likeness (QED) is 0.615. The Hall–Kier alpha value is -2.38. The Morgan fingerprint density at radius 2 is 2.15 bits per heavy atom. The highest BCUT2D eigenvalue weighted by atomic mass is 16.6. The van der Waals surface area contributed by atoms with Gasteiger partial charge in [0.2, 0.25) is 0 Å². The third kappa shape index (κ3) is 2.36. The minimum atomic E-state index is -1.34. The molecule has 0 aliphatic heterocycles. The second kappa shape index (κ2) is 4.62. The molecule has 0 aromatic carbocycles. The maximum Gasteiger partial charge on any atom is 0.329 e. The summed E-state index contributed by atoms with van der Waals surface area (Å²) in [5.41, 5.74) is -1.48. The van der Waals surface area contributed by atoms with Crippen molar-refractivity contribution in [1.29, 1.82) is 0 Å². The van der Waals surface area contributed by atoms with E-state index in [1.807, 2.05) is 0 Å². The van der Waals surface area contributed by atoms with Crippen molar-refractivity contribution in [2.24, 2.45) is 13.0 Å². The number of aromatic nitrogens is 1. The molecule has 1 aromatic heterocycles. The van der Waals surface area contributed by atoms with Gasteiger partial charge in [-0.05, 0) is 25.7 Å². The van der Waals surface area contributed by atoms with Crippen molar-refractivity contribution in [3.63, 3.8) is 0 Å². The molecule has 1 aliphatic rings. The molecule has 0 saturated heterocycles. The third-order valence-electron chi connectivity index (χ3n) is 3.65. The maximum absolute atomic E-state index is 12.1. The van der Waals surface area contributed by atoms with Gasteiger partial charge in [0.1, 0.15) is 11.2 Å². The van der Waals surface area contributed by atoms with Crippen molar-refractivity contribution >= 4 is 17.6 Å². The first-order valence-corrected chi connectivity index (χ1v) is 6.12. The third-order valence-corrected chi connectivity index (χ3v) is 3.65. The number of nitro groups is 1. The molecular formula is C12H15N3O5. The van der Waals surface area contributed by atoms with E-state index in [1.165, 1.54) is 24.7 Å². The van der Waals surface area contributed by atoms with Crippen LogP contribution in [0.4, 0.5) is 5.69 Å². The fourth-order valence-corrected chi connectivity index (χ4v) is 2.16. The molecule has 2 N–H and O–H groups in total. The Labute approximate surface area is 114 Å². The van der Waals surface area contributed by atoms with Crippen LogP contribution in [-0.4, -0.2) is 32.0 Å². The summed E-state index contributed by atoms with van der Waals surface area (Å²) in [4.78, 5) is 33.5. The van der Waals surface area contributed by atoms with Crippen molar-refractivity contribution in [1.82, 2.24) is 9.88 Å². The van der Waals surface area contributed by atoms with Gasteiger partial charge in [0.25, 0.3) is 11.6 Å². The largest absolute Gasteiger partial charge is 0.480 e. The Morgan fingerprint density at radius 1 is 1.55 bits per heavy atom. The van der Waals surface area contributed by atoms with Crippen molar-refractivity contribution in [2.75, 3.05) is 0 Å². The Kier molecular flexibility index (Phi) is 3.24. The van der Waals surface area contributed by atoms with Gasteiger partial charge in [-0.15, -0.1) is 0 Å². The van der Waals surface area contributed by atoms with Crippen molar-refractivity contribution < 1.29 is 19.6 Å². The smallest absolute Gasteiger partial charge is 0.329 e. The number of carboxylic acids is 1. The summed E-state index contributed by atoms with van der Waals surface area (Å²) in [6.07, 6.45) is 2.71. The van der Waals surface area contributed by atoms with Crippen LogP contribution in [0, 0.1) is 16.0 Å². The van der Waals surface area contributed by atoms with Crippen LogP contribution >= 0.6 is 0 Å². The van der Waals surface area contributed by atoms with Gasteiger partial charge >= 0.3 is 5.97 Å². The molecule has 1 aromatic rings. The second-order valence-electron chi connectivity index (χ2n) is 5.19. The Bertz CT molecular complexity index is 590. The number of rotatable bonds is 5. The van der Waals surface area contributed by atoms with E-state index in [1.54, 1.807) is 0 Å². The molecule has 20 heavy (non-hydrogen) atoms. The van der Waals surface area contributed by atoms with E-state index in [2.05, 4.69) is 5.32 Å². The van der Waals surface area contributed by atoms with Crippen LogP contribution in [0.5, 0.6) is 0 Å². The standard InChI is InChI=1S/C12H15N3O5/c1-12(11(17)18,7-3-4-7)13-10(16)9-5-8(15(19)20)6-14(9)2/h5-7H,3-4H2,1-2H3,(H,13,16)(H,17,18). The van der Waals surface area contributed by atoms with Gasteiger partial charge in [-0.1, -0.05) is 0 Å². The van der Waals surface area contributed by atoms with Crippen LogP contribution in [0.25, 0.3) is 0 Å². The Morgan fingerprint density at radius 3 is 2.55 bits per heavy atom. The number of aliphatic carboxylic acids is 1. The molecule has 8 nitrogen and oxygen atoms in total. The van der Waals surface area contributed by atoms with Gasteiger partial charge in [-0.3, -0.25) is 14.9 Å². The second-order valence-corrected chi connectivity index (χ2v) is 5.19. The van der Waals surface area contributed by atoms with E-state index in [9.17, 15) is 24.8 Å². The number of hydrogen-bond donors (Lipinski definition) is 2. The first-order valence-electron chi connectivity index (χ1n) is 6.12. The monoisotopic (exact) mass is 281 g/mol. The summed E-state index contributed by atoms with van der Waals surface area (Å²) >= 11 is 0. The number of carbonyl (C=O) groups excluding carboxylic acids is 1. The van der Waals surface area contributed by atoms with E-state index in [0.29, 0.717) is 0 Å². The van der Waals surface area contributed by atoms with Gasteiger partial charge in [0.05, 0.1) is 11.1 Å². The molecular weight excluding hydrogens is 266 g/mol. The van der Waals surface area contributed by atoms with E-state index < -0.39 is 22.3 Å². The summed E-state index contributed by atoms with van der Waals surface area (Å²) in [5.74, 6) is -1.83. The molecule has 1 fully saturated rings. The van der Waals surface area contributed by atoms with E-state index in [0.717, 1.165) is 18.9 Å². The molecule has 8 heteroatoms. The summed E-state index contributed by atoms with van der Waals surface area (Å²) in [6, 6.07) is 1.13. The molecule has 1 heterocycles. The van der Waals surface area contributed by atoms with Crippen LogP contribution in [0.1, 0.15) is 30.3 Å². The average Bonchev–Trinajstić information content (AvgIpc) is 3.12. The van der Waals surface area contributed by atoms with E-state index in [-0.39, 0.29) is 17.3 Å². The number of carbonyl (C=O) groups is 2. The number of amides is 1. The maximum atomic E-state index is 12.1. The van der Waals surface area contributed by atoms with Crippen molar-refractivity contribution in [3.8, 4) is 0 Å². The lowest BCUT2D eigenvalue weighted by atomic mass is 9.96. The molecule has 0 bridgehead atoms. The SMILES string of the molecule is Cn1cc([N+](=O)[O-])cc1C(=O)NC(C)(C(=O)O)C1CC1. The number of carboxylic acid groups (broad SMARTS) is 1. The van der Waals surface area contributed by atoms with Crippen LogP contribution in [0.2, 0.25) is 0 Å². The molecule has 108 valence electrons. The zero-order valence-electron chi connectivity index (χ0n) is 11.1. The molecule has 1 saturated carbocycles. The number of nitrogens with one attached hydrogen (secondary N) is 1. The number of aryl methyl sites for hydroxylation is 1. The fraction of sp³-hybridized carbons (Fsp3) is 0.500. The zero-order valence-corrected chi connectivity index (χ0v) is 11.1. The van der Waals surface area contributed by atoms with Crippen molar-refractivity contribution in [3.05, 3.63) is 28.1 Å². The number of nitrogens with zero attached hydrogens (tertiary/aromatic N) is 2. The average molecular weight is 281 g/mol. The lowest BCUT2D eigenvalue weighted by Gasteiger charge is -2.26. The Balaban J connectivity index is 2.23. The first-order chi connectivity index (χ1) is 9.25. The lowest BCUT2D eigenvalue weighted by Crippen LogP contribution is -2.54. The summed E-state index contributed by atoms with van der Waals surface area (Å²) in [7, 11) is 1.50. The molecule has 1 unspecified atom stereocenters. The van der Waals surface area contributed by atoms with Gasteiger partial charge in [-0.2, -0.15) is 0 Å². The highest BCUT2D eigenvalue weighted by molar-refractivity contribution is 5.97. The minimum Gasteiger partial charge on any atom is -0.480 e. The lowest BCUT2D eigenvalue weighted by molar-refractivity contribution is -0.384. The minimum absolute atomic E-state index is 0.0600. The topological polar surface area (TPSA) is 114 Å².